The van der Waals surface area contributed by atoms with Gasteiger partial charge < -0.3 is 24.3 Å². The first-order valence-electron chi connectivity index (χ1n) is 12.5. The number of allylic oxidation sites excluding steroid dienone is 3. The van der Waals surface area contributed by atoms with Crippen molar-refractivity contribution < 1.29 is 33.3 Å². The number of Topliss-reactive ketones (excluding diaryl/α,β-unsaturated/α-hetero) is 1. The first-order chi connectivity index (χ1) is 17.9. The lowest BCUT2D eigenvalue weighted by Gasteiger charge is -2.39. The molecule has 0 radical (unpaired) electrons. The average Bonchev–Trinajstić information content (AvgIpc) is 3.36. The second kappa shape index (κ2) is 10.1. The van der Waals surface area contributed by atoms with Crippen LogP contribution in [0.5, 0.6) is 11.5 Å². The zero-order valence-electron chi connectivity index (χ0n) is 21.0. The number of hydrogen-bond acceptors (Lipinski definition) is 8. The molecular weight excluding hydrogens is 474 g/mol. The summed E-state index contributed by atoms with van der Waals surface area (Å²) in [5.74, 6) is -2.52. The van der Waals surface area contributed by atoms with E-state index in [1.807, 2.05) is 36.4 Å². The quantitative estimate of drug-likeness (QED) is 0.464. The topological polar surface area (TPSA) is 100 Å². The molecule has 0 spiro atoms. The third kappa shape index (κ3) is 4.37. The number of fused-ring (bicyclic) bond motifs is 1. The summed E-state index contributed by atoms with van der Waals surface area (Å²) in [6, 6.07) is 14.9. The van der Waals surface area contributed by atoms with Crippen molar-refractivity contribution in [2.45, 2.75) is 39.0 Å². The summed E-state index contributed by atoms with van der Waals surface area (Å²) in [4.78, 5) is 40.7. The van der Waals surface area contributed by atoms with Gasteiger partial charge in [-0.15, -0.1) is 0 Å². The summed E-state index contributed by atoms with van der Waals surface area (Å²) in [5.41, 5.74) is 3.54. The Morgan fingerprint density at radius 1 is 0.973 bits per heavy atom. The summed E-state index contributed by atoms with van der Waals surface area (Å²) in [6.07, 6.45) is 0.406. The predicted molar refractivity (Wildman–Crippen MR) is 134 cm³/mol. The van der Waals surface area contributed by atoms with Crippen LogP contribution in [0.2, 0.25) is 0 Å². The van der Waals surface area contributed by atoms with Crippen molar-refractivity contribution in [2.75, 3.05) is 20.0 Å². The second-order valence-corrected chi connectivity index (χ2v) is 9.14. The van der Waals surface area contributed by atoms with E-state index in [0.29, 0.717) is 46.0 Å². The Hall–Kier alpha value is -4.07. The van der Waals surface area contributed by atoms with Gasteiger partial charge in [0, 0.05) is 28.8 Å². The number of rotatable bonds is 6. The van der Waals surface area contributed by atoms with Crippen LogP contribution in [0, 0.1) is 5.92 Å². The lowest BCUT2D eigenvalue weighted by Crippen LogP contribution is -2.43. The molecule has 2 aliphatic heterocycles. The Labute approximate surface area is 215 Å². The number of hydrogen-bond donors (Lipinski definition) is 1. The van der Waals surface area contributed by atoms with Crippen LogP contribution >= 0.6 is 0 Å². The summed E-state index contributed by atoms with van der Waals surface area (Å²) >= 11 is 0. The van der Waals surface area contributed by atoms with Crippen molar-refractivity contribution in [1.29, 1.82) is 0 Å². The molecule has 2 heterocycles. The van der Waals surface area contributed by atoms with E-state index in [1.54, 1.807) is 32.9 Å². The number of esters is 2. The Kier molecular flexibility index (Phi) is 6.74. The molecule has 2 aromatic carbocycles. The maximum Gasteiger partial charge on any atom is 0.336 e. The third-order valence-electron chi connectivity index (χ3n) is 7.01. The number of nitrogens with one attached hydrogen (secondary N) is 1. The van der Waals surface area contributed by atoms with E-state index >= 15 is 0 Å². The van der Waals surface area contributed by atoms with Crippen LogP contribution in [0.1, 0.15) is 50.2 Å². The Morgan fingerprint density at radius 3 is 2.43 bits per heavy atom. The van der Waals surface area contributed by atoms with Crippen LogP contribution in [0.4, 0.5) is 0 Å². The molecule has 0 fully saturated rings. The Morgan fingerprint density at radius 2 is 1.70 bits per heavy atom. The summed E-state index contributed by atoms with van der Waals surface area (Å²) < 4.78 is 21.8. The van der Waals surface area contributed by atoms with Gasteiger partial charge in [-0.25, -0.2) is 4.79 Å². The molecule has 8 nitrogen and oxygen atoms in total. The van der Waals surface area contributed by atoms with Gasteiger partial charge in [-0.1, -0.05) is 36.4 Å². The maximum atomic E-state index is 14.3. The predicted octanol–water partition coefficient (Wildman–Crippen LogP) is 4.13. The van der Waals surface area contributed by atoms with E-state index in [4.69, 9.17) is 18.9 Å². The highest BCUT2D eigenvalue weighted by Gasteiger charge is 2.49. The van der Waals surface area contributed by atoms with Gasteiger partial charge in [-0.3, -0.25) is 9.59 Å². The number of ketones is 1. The van der Waals surface area contributed by atoms with E-state index in [0.717, 1.165) is 5.56 Å². The van der Waals surface area contributed by atoms with Crippen LogP contribution < -0.4 is 14.8 Å². The van der Waals surface area contributed by atoms with Gasteiger partial charge in [0.15, 0.2) is 17.3 Å². The minimum atomic E-state index is -1.04. The molecular formula is C29H29NO7. The van der Waals surface area contributed by atoms with Crippen molar-refractivity contribution in [2.24, 2.45) is 5.92 Å². The molecule has 0 saturated heterocycles. The minimum Gasteiger partial charge on any atom is -0.465 e. The van der Waals surface area contributed by atoms with Gasteiger partial charge in [-0.05, 0) is 50.5 Å². The molecule has 37 heavy (non-hydrogen) atoms. The SMILES string of the molecule is CCOC(=O)C1=C(C)NC2=C(C(=O)C(C(=O)OCC)C(c3ccccc3)C2)C1c1ccc2c(c1)OCO2. The van der Waals surface area contributed by atoms with Crippen molar-refractivity contribution in [1.82, 2.24) is 5.32 Å². The monoisotopic (exact) mass is 503 g/mol. The van der Waals surface area contributed by atoms with Crippen LogP contribution in [0.15, 0.2) is 71.1 Å². The van der Waals surface area contributed by atoms with Gasteiger partial charge in [0.25, 0.3) is 0 Å². The standard InChI is InChI=1S/C29H29NO7/c1-4-34-28(32)23-16(3)30-20-14-19(17-9-7-6-8-10-17)25(29(33)35-5-2)27(31)26(20)24(23)18-11-12-21-22(13-18)37-15-36-21/h6-13,19,24-25,30H,4-5,14-15H2,1-3H3. The van der Waals surface area contributed by atoms with E-state index in [2.05, 4.69) is 5.32 Å². The fourth-order valence-corrected chi connectivity index (χ4v) is 5.46. The van der Waals surface area contributed by atoms with E-state index in [1.165, 1.54) is 0 Å². The zero-order chi connectivity index (χ0) is 26.1. The van der Waals surface area contributed by atoms with Gasteiger partial charge in [-0.2, -0.15) is 0 Å². The molecule has 0 bridgehead atoms. The molecule has 3 aliphatic rings. The van der Waals surface area contributed by atoms with Gasteiger partial charge in [0.1, 0.15) is 5.92 Å². The third-order valence-corrected chi connectivity index (χ3v) is 7.01. The van der Waals surface area contributed by atoms with E-state index < -0.39 is 29.7 Å². The number of dihydropyridines is 1. The van der Waals surface area contributed by atoms with Crippen molar-refractivity contribution >= 4 is 17.7 Å². The fraction of sp³-hybridized carbons (Fsp3) is 0.345. The highest BCUT2D eigenvalue weighted by atomic mass is 16.7. The Balaban J connectivity index is 1.67. The summed E-state index contributed by atoms with van der Waals surface area (Å²) in [7, 11) is 0. The van der Waals surface area contributed by atoms with Crippen LogP contribution in [0.25, 0.3) is 0 Å². The fourth-order valence-electron chi connectivity index (χ4n) is 5.46. The smallest absolute Gasteiger partial charge is 0.336 e. The van der Waals surface area contributed by atoms with Crippen molar-refractivity contribution in [3.63, 3.8) is 0 Å². The van der Waals surface area contributed by atoms with Crippen molar-refractivity contribution in [3.8, 4) is 11.5 Å². The maximum absolute atomic E-state index is 14.3. The second-order valence-electron chi connectivity index (χ2n) is 9.14. The molecule has 3 unspecified atom stereocenters. The number of benzene rings is 2. The molecule has 1 N–H and O–H groups in total. The minimum absolute atomic E-state index is 0.0984. The number of carbonyl (C=O) groups is 3. The van der Waals surface area contributed by atoms with Crippen molar-refractivity contribution in [3.05, 3.63) is 82.2 Å². The largest absolute Gasteiger partial charge is 0.465 e. The molecule has 3 atom stereocenters. The lowest BCUT2D eigenvalue weighted by molar-refractivity contribution is -0.152. The molecule has 5 rings (SSSR count). The molecule has 0 saturated carbocycles. The zero-order valence-corrected chi connectivity index (χ0v) is 21.0. The first kappa shape index (κ1) is 24.6. The lowest BCUT2D eigenvalue weighted by atomic mass is 9.67. The van der Waals surface area contributed by atoms with Gasteiger partial charge >= 0.3 is 11.9 Å². The number of ether oxygens (including phenoxy) is 4. The first-order valence-corrected chi connectivity index (χ1v) is 12.5. The summed E-state index contributed by atoms with van der Waals surface area (Å²) in [5, 5.41) is 3.31. The molecule has 0 aromatic heterocycles. The van der Waals surface area contributed by atoms with Crippen LogP contribution in [-0.4, -0.2) is 37.7 Å². The Bertz CT molecular complexity index is 1310. The van der Waals surface area contributed by atoms with Crippen LogP contribution in [0.3, 0.4) is 0 Å². The summed E-state index contributed by atoms with van der Waals surface area (Å²) in [6.45, 7) is 5.70. The highest BCUT2D eigenvalue weighted by molar-refractivity contribution is 6.13. The molecule has 8 heteroatoms. The molecule has 2 aromatic rings. The average molecular weight is 504 g/mol. The molecule has 1 aliphatic carbocycles. The highest BCUT2D eigenvalue weighted by Crippen LogP contribution is 2.49. The number of carbonyl (C=O) groups excluding carboxylic acids is 3. The molecule has 192 valence electrons. The normalized spacial score (nSPS) is 22.4. The van der Waals surface area contributed by atoms with Crippen LogP contribution in [-0.2, 0) is 23.9 Å². The molecule has 0 amide bonds. The van der Waals surface area contributed by atoms with E-state index in [-0.39, 0.29) is 25.8 Å². The van der Waals surface area contributed by atoms with E-state index in [9.17, 15) is 14.4 Å². The van der Waals surface area contributed by atoms with Gasteiger partial charge in [0.2, 0.25) is 6.79 Å². The van der Waals surface area contributed by atoms with Gasteiger partial charge in [0.05, 0.1) is 18.8 Å².